The molecule has 8 heteroatoms. The highest BCUT2D eigenvalue weighted by molar-refractivity contribution is 5.61. The predicted octanol–water partition coefficient (Wildman–Crippen LogP) is 1.77. The van der Waals surface area contributed by atoms with E-state index in [9.17, 15) is 4.79 Å². The second-order valence-corrected chi connectivity index (χ2v) is 7.59. The van der Waals surface area contributed by atoms with E-state index in [1.54, 1.807) is 4.90 Å². The molecule has 0 amide bonds. The van der Waals surface area contributed by atoms with E-state index in [4.69, 9.17) is 10.3 Å². The Hall–Kier alpha value is -3.16. The Morgan fingerprint density at radius 1 is 1.32 bits per heavy atom. The number of benzene rings is 1. The van der Waals surface area contributed by atoms with Crippen LogP contribution in [0.4, 0.5) is 11.5 Å². The number of nitrogen functional groups attached to an aromatic ring is 1. The van der Waals surface area contributed by atoms with Gasteiger partial charge in [-0.3, -0.25) is 9.36 Å². The monoisotopic (exact) mass is 378 g/mol. The molecule has 1 saturated carbocycles. The molecule has 0 spiro atoms. The van der Waals surface area contributed by atoms with E-state index < -0.39 is 0 Å². The number of anilines is 2. The fourth-order valence-corrected chi connectivity index (χ4v) is 4.44. The second kappa shape index (κ2) is 6.19. The van der Waals surface area contributed by atoms with E-state index in [2.05, 4.69) is 39.4 Å². The quantitative estimate of drug-likeness (QED) is 0.721. The molecule has 2 aromatic heterocycles. The Kier molecular flexibility index (Phi) is 3.75. The van der Waals surface area contributed by atoms with Crippen LogP contribution in [-0.2, 0) is 13.0 Å². The fraction of sp³-hybridized carbons (Fsp3) is 0.400. The van der Waals surface area contributed by atoms with Gasteiger partial charge in [0.15, 0.2) is 11.6 Å². The highest BCUT2D eigenvalue weighted by Gasteiger charge is 2.58. The van der Waals surface area contributed by atoms with Crippen molar-refractivity contribution in [2.45, 2.75) is 31.7 Å². The van der Waals surface area contributed by atoms with Crippen LogP contribution in [0.2, 0.25) is 0 Å². The fourth-order valence-electron chi connectivity index (χ4n) is 4.44. The van der Waals surface area contributed by atoms with Crippen molar-refractivity contribution in [2.24, 2.45) is 5.92 Å². The first-order valence-electron chi connectivity index (χ1n) is 9.54. The lowest BCUT2D eigenvalue weighted by Crippen LogP contribution is -2.31. The van der Waals surface area contributed by atoms with Crippen molar-refractivity contribution < 1.29 is 4.52 Å². The van der Waals surface area contributed by atoms with Gasteiger partial charge < -0.3 is 15.2 Å². The normalized spacial score (nSPS) is 22.0. The van der Waals surface area contributed by atoms with Crippen LogP contribution in [0.15, 0.2) is 39.9 Å². The summed E-state index contributed by atoms with van der Waals surface area (Å²) >= 11 is 0. The van der Waals surface area contributed by atoms with Gasteiger partial charge in [-0.15, -0.1) is 0 Å². The van der Waals surface area contributed by atoms with E-state index >= 15 is 0 Å². The van der Waals surface area contributed by atoms with Crippen LogP contribution in [0, 0.1) is 5.92 Å². The van der Waals surface area contributed by atoms with E-state index in [0.29, 0.717) is 35.9 Å². The van der Waals surface area contributed by atoms with Crippen molar-refractivity contribution in [1.29, 1.82) is 0 Å². The molecule has 5 rings (SSSR count). The maximum absolute atomic E-state index is 12.8. The zero-order chi connectivity index (χ0) is 19.4. The van der Waals surface area contributed by atoms with E-state index in [1.165, 1.54) is 22.0 Å². The average Bonchev–Trinajstić information content (AvgIpc) is 3.03. The number of nitrogens with two attached hydrogens (primary N) is 1. The predicted molar refractivity (Wildman–Crippen MR) is 104 cm³/mol. The van der Waals surface area contributed by atoms with Crippen LogP contribution in [0.25, 0.3) is 0 Å². The average molecular weight is 378 g/mol. The molecule has 0 aliphatic heterocycles. The van der Waals surface area contributed by atoms with Crippen LogP contribution in [0.1, 0.15) is 41.6 Å². The van der Waals surface area contributed by atoms with Crippen molar-refractivity contribution in [3.8, 4) is 0 Å². The molecule has 2 heterocycles. The van der Waals surface area contributed by atoms with Crippen LogP contribution in [-0.4, -0.2) is 33.3 Å². The molecule has 3 aromatic rings. The zero-order valence-electron chi connectivity index (χ0n) is 15.9. The first-order chi connectivity index (χ1) is 13.6. The molecule has 1 aromatic carbocycles. The summed E-state index contributed by atoms with van der Waals surface area (Å²) in [5.41, 5.74) is 8.91. The molecule has 2 aliphatic carbocycles. The Morgan fingerprint density at radius 3 is 2.96 bits per heavy atom. The van der Waals surface area contributed by atoms with Gasteiger partial charge in [0.2, 0.25) is 5.89 Å². The molecular weight excluding hydrogens is 356 g/mol. The van der Waals surface area contributed by atoms with E-state index in [0.717, 1.165) is 12.2 Å². The Balaban J connectivity index is 1.37. The summed E-state index contributed by atoms with van der Waals surface area (Å²) in [5, 5.41) is 4.19. The van der Waals surface area contributed by atoms with Crippen LogP contribution in [0.3, 0.4) is 0 Å². The first-order valence-corrected chi connectivity index (χ1v) is 9.54. The third kappa shape index (κ3) is 2.51. The Morgan fingerprint density at radius 2 is 2.14 bits per heavy atom. The maximum Gasteiger partial charge on any atom is 0.279 e. The number of rotatable bonds is 5. The minimum Gasteiger partial charge on any atom is -0.382 e. The standard InChI is InChI=1S/C20H22N6O2/c1-3-25(2)17-18(21)22-10-26(20(17)27)9-14-23-19(24-28-14)16-13-8-11-6-4-5-7-12(11)15(13)16/h4-7,10,13,15-16H,3,8-9,21H2,1-2H3/t13-,15+,16+/m1/s1. The summed E-state index contributed by atoms with van der Waals surface area (Å²) in [6.07, 6.45) is 2.50. The summed E-state index contributed by atoms with van der Waals surface area (Å²) in [5.74, 6) is 2.74. The molecule has 8 nitrogen and oxygen atoms in total. The molecule has 144 valence electrons. The molecule has 3 atom stereocenters. The molecular formula is C20H22N6O2. The number of aromatic nitrogens is 4. The molecule has 0 radical (unpaired) electrons. The van der Waals surface area contributed by atoms with Gasteiger partial charge >= 0.3 is 0 Å². The Labute approximate surface area is 162 Å². The van der Waals surface area contributed by atoms with Gasteiger partial charge in [0.25, 0.3) is 5.56 Å². The molecule has 1 fully saturated rings. The van der Waals surface area contributed by atoms with Gasteiger partial charge in [0.05, 0.1) is 0 Å². The summed E-state index contributed by atoms with van der Waals surface area (Å²) in [6.45, 7) is 2.79. The van der Waals surface area contributed by atoms with Gasteiger partial charge in [0.1, 0.15) is 18.6 Å². The minimum absolute atomic E-state index is 0.183. The first kappa shape index (κ1) is 17.0. The van der Waals surface area contributed by atoms with Crippen molar-refractivity contribution in [3.05, 3.63) is 63.8 Å². The molecule has 0 bridgehead atoms. The van der Waals surface area contributed by atoms with E-state index in [1.807, 2.05) is 14.0 Å². The summed E-state index contributed by atoms with van der Waals surface area (Å²) in [7, 11) is 1.81. The van der Waals surface area contributed by atoms with Crippen molar-refractivity contribution in [2.75, 3.05) is 24.2 Å². The Bertz CT molecular complexity index is 1100. The number of nitrogens with zero attached hydrogens (tertiary/aromatic N) is 5. The third-order valence-electron chi connectivity index (χ3n) is 6.02. The number of fused-ring (bicyclic) bond motifs is 3. The van der Waals surface area contributed by atoms with Crippen LogP contribution < -0.4 is 16.2 Å². The molecule has 0 saturated heterocycles. The van der Waals surface area contributed by atoms with Crippen molar-refractivity contribution >= 4 is 11.5 Å². The second-order valence-electron chi connectivity index (χ2n) is 7.59. The van der Waals surface area contributed by atoms with Gasteiger partial charge in [-0.2, -0.15) is 4.98 Å². The summed E-state index contributed by atoms with van der Waals surface area (Å²) in [4.78, 5) is 23.2. The van der Waals surface area contributed by atoms with E-state index in [-0.39, 0.29) is 17.9 Å². The van der Waals surface area contributed by atoms with Gasteiger partial charge in [-0.1, -0.05) is 29.4 Å². The van der Waals surface area contributed by atoms with Crippen LogP contribution in [0.5, 0.6) is 0 Å². The summed E-state index contributed by atoms with van der Waals surface area (Å²) in [6, 6.07) is 8.58. The van der Waals surface area contributed by atoms with Crippen LogP contribution >= 0.6 is 0 Å². The highest BCUT2D eigenvalue weighted by atomic mass is 16.5. The van der Waals surface area contributed by atoms with Crippen molar-refractivity contribution in [1.82, 2.24) is 19.7 Å². The SMILES string of the molecule is CCN(C)c1c(N)ncn(Cc2nc([C@H]3[C@@H]4Cc5ccccc5[C@@H]43)no2)c1=O. The minimum atomic E-state index is -0.214. The van der Waals surface area contributed by atoms with Gasteiger partial charge in [-0.25, -0.2) is 4.98 Å². The van der Waals surface area contributed by atoms with Gasteiger partial charge in [-0.05, 0) is 36.3 Å². The number of hydrogen-bond donors (Lipinski definition) is 1. The highest BCUT2D eigenvalue weighted by Crippen LogP contribution is 2.65. The molecule has 0 unspecified atom stereocenters. The lowest BCUT2D eigenvalue weighted by molar-refractivity contribution is 0.363. The summed E-state index contributed by atoms with van der Waals surface area (Å²) < 4.78 is 6.90. The maximum atomic E-state index is 12.8. The van der Waals surface area contributed by atoms with Gasteiger partial charge in [0, 0.05) is 19.5 Å². The van der Waals surface area contributed by atoms with Crippen molar-refractivity contribution in [3.63, 3.8) is 0 Å². The third-order valence-corrected chi connectivity index (χ3v) is 6.02. The molecule has 2 aliphatic rings. The molecule has 2 N–H and O–H groups in total. The zero-order valence-corrected chi connectivity index (χ0v) is 15.9. The smallest absolute Gasteiger partial charge is 0.279 e. The largest absolute Gasteiger partial charge is 0.382 e. The lowest BCUT2D eigenvalue weighted by Gasteiger charge is -2.18. The molecule has 28 heavy (non-hydrogen) atoms. The topological polar surface area (TPSA) is 103 Å². The number of hydrogen-bond acceptors (Lipinski definition) is 7. The lowest BCUT2D eigenvalue weighted by atomic mass is 10.0.